The van der Waals surface area contributed by atoms with Gasteiger partial charge in [-0.05, 0) is 141 Å². The van der Waals surface area contributed by atoms with Crippen LogP contribution >= 0.6 is 0 Å². The molecule has 0 saturated heterocycles. The van der Waals surface area contributed by atoms with Crippen molar-refractivity contribution in [2.75, 3.05) is 14.7 Å². The van der Waals surface area contributed by atoms with Gasteiger partial charge >= 0.3 is 0 Å². The Kier molecular flexibility index (Phi) is 10.6. The van der Waals surface area contributed by atoms with E-state index in [4.69, 9.17) is 0 Å². The Labute approximate surface area is 449 Å². The van der Waals surface area contributed by atoms with Crippen molar-refractivity contribution >= 4 is 96.1 Å². The molecule has 0 amide bonds. The molecule has 1 aromatic heterocycles. The first-order chi connectivity index (χ1) is 38.2. The van der Waals surface area contributed by atoms with Crippen LogP contribution in [0.15, 0.2) is 297 Å². The molecular weight excluding hydrogens is 932 g/mol. The average Bonchev–Trinajstić information content (AvgIpc) is 4.01. The van der Waals surface area contributed by atoms with E-state index in [1.807, 2.05) is 0 Å². The van der Waals surface area contributed by atoms with E-state index in [2.05, 4.69) is 317 Å². The Hall–Kier alpha value is -10.1. The molecule has 0 bridgehead atoms. The van der Waals surface area contributed by atoms with Crippen LogP contribution < -0.4 is 31.1 Å². The summed E-state index contributed by atoms with van der Waals surface area (Å²) < 4.78 is 2.45. The molecule has 2 aliphatic rings. The fraction of sp³-hybridized carbons (Fsp3) is 0. The van der Waals surface area contributed by atoms with Gasteiger partial charge in [0.05, 0.1) is 22.4 Å². The van der Waals surface area contributed by atoms with E-state index >= 15 is 0 Å². The highest BCUT2D eigenvalue weighted by Crippen LogP contribution is 2.51. The molecule has 3 heterocycles. The Balaban J connectivity index is 1.11. The predicted molar refractivity (Wildman–Crippen MR) is 326 cm³/mol. The third kappa shape index (κ3) is 7.39. The quantitative estimate of drug-likeness (QED) is 0.134. The molecule has 13 aromatic rings. The molecule has 0 spiro atoms. The van der Waals surface area contributed by atoms with E-state index in [1.54, 1.807) is 0 Å². The summed E-state index contributed by atoms with van der Waals surface area (Å²) in [6, 6.07) is 109. The fourth-order valence-electron chi connectivity index (χ4n) is 12.4. The van der Waals surface area contributed by atoms with Crippen molar-refractivity contribution < 1.29 is 0 Å². The lowest BCUT2D eigenvalue weighted by Crippen LogP contribution is -2.61. The summed E-state index contributed by atoms with van der Waals surface area (Å²) in [5.41, 5.74) is 24.2. The van der Waals surface area contributed by atoms with Gasteiger partial charge in [-0.3, -0.25) is 0 Å². The molecule has 77 heavy (non-hydrogen) atoms. The number of rotatable bonds is 9. The molecule has 0 N–H and O–H groups in total. The van der Waals surface area contributed by atoms with Gasteiger partial charge in [-0.15, -0.1) is 0 Å². The normalized spacial score (nSPS) is 12.3. The van der Waals surface area contributed by atoms with E-state index in [1.165, 1.54) is 60.6 Å². The van der Waals surface area contributed by atoms with Crippen molar-refractivity contribution in [2.45, 2.75) is 0 Å². The minimum Gasteiger partial charge on any atom is -0.311 e. The van der Waals surface area contributed by atoms with Gasteiger partial charge in [-0.2, -0.15) is 0 Å². The van der Waals surface area contributed by atoms with E-state index in [0.29, 0.717) is 0 Å². The standard InChI is InChI=1S/C72H49BN4/c1-7-23-50(24-8-1)53-29-21-37-59(45-53)76-67-47-55(52-27-11-3-12-28-52)41-42-63(67)73-64-43-44-66-70(62-39-19-20-40-65(62)75(66)58-35-17-6-18-36-58)72(64)77(60-38-22-30-54(46-60)51-25-9-2-10-26-51)69-49-61(48-68(76)71(69)73)74(56-31-13-4-14-32-56)57-33-15-5-16-34-57/h1-49H. The van der Waals surface area contributed by atoms with Crippen LogP contribution in [0.1, 0.15) is 0 Å². The monoisotopic (exact) mass is 980 g/mol. The third-order valence-electron chi connectivity index (χ3n) is 15.7. The summed E-state index contributed by atoms with van der Waals surface area (Å²) in [4.78, 5) is 7.60. The number of para-hydroxylation sites is 4. The maximum absolute atomic E-state index is 2.61. The van der Waals surface area contributed by atoms with Crippen LogP contribution in [0.5, 0.6) is 0 Å². The van der Waals surface area contributed by atoms with E-state index in [0.717, 1.165) is 67.8 Å². The van der Waals surface area contributed by atoms with Crippen LogP contribution in [-0.2, 0) is 0 Å². The highest BCUT2D eigenvalue weighted by molar-refractivity contribution is 7.00. The van der Waals surface area contributed by atoms with Gasteiger partial charge in [0.25, 0.3) is 6.71 Å². The Morgan fingerprint density at radius 2 is 0.740 bits per heavy atom. The summed E-state index contributed by atoms with van der Waals surface area (Å²) in [6.45, 7) is -0.142. The van der Waals surface area contributed by atoms with Gasteiger partial charge in [0.1, 0.15) is 0 Å². The second-order valence-electron chi connectivity index (χ2n) is 20.1. The summed E-state index contributed by atoms with van der Waals surface area (Å²) in [5, 5.41) is 2.42. The molecule has 5 heteroatoms. The topological polar surface area (TPSA) is 14.7 Å². The molecule has 0 aliphatic carbocycles. The third-order valence-corrected chi connectivity index (χ3v) is 15.7. The zero-order chi connectivity index (χ0) is 50.8. The predicted octanol–water partition coefficient (Wildman–Crippen LogP) is 17.3. The summed E-state index contributed by atoms with van der Waals surface area (Å²) >= 11 is 0. The molecule has 0 fully saturated rings. The van der Waals surface area contributed by atoms with Gasteiger partial charge in [0, 0.05) is 56.3 Å². The molecule has 15 rings (SSSR count). The molecule has 4 nitrogen and oxygen atoms in total. The molecule has 0 radical (unpaired) electrons. The van der Waals surface area contributed by atoms with E-state index < -0.39 is 0 Å². The summed E-state index contributed by atoms with van der Waals surface area (Å²) in [5.74, 6) is 0. The molecule has 360 valence electrons. The van der Waals surface area contributed by atoms with Crippen molar-refractivity contribution in [3.63, 3.8) is 0 Å². The number of aromatic nitrogens is 1. The largest absolute Gasteiger partial charge is 0.311 e. The highest BCUT2D eigenvalue weighted by Gasteiger charge is 2.45. The van der Waals surface area contributed by atoms with Crippen LogP contribution in [0.4, 0.5) is 51.2 Å². The molecular formula is C72H49BN4. The highest BCUT2D eigenvalue weighted by atomic mass is 15.2. The van der Waals surface area contributed by atoms with E-state index in [-0.39, 0.29) is 6.71 Å². The maximum atomic E-state index is 2.61. The molecule has 2 aliphatic heterocycles. The number of fused-ring (bicyclic) bond motifs is 8. The number of anilines is 9. The Morgan fingerprint density at radius 3 is 1.32 bits per heavy atom. The number of nitrogens with zero attached hydrogens (tertiary/aromatic N) is 4. The second-order valence-corrected chi connectivity index (χ2v) is 20.1. The van der Waals surface area contributed by atoms with Crippen molar-refractivity contribution in [2.24, 2.45) is 0 Å². The van der Waals surface area contributed by atoms with Gasteiger partial charge in [-0.1, -0.05) is 206 Å². The van der Waals surface area contributed by atoms with Crippen LogP contribution in [-0.4, -0.2) is 11.3 Å². The summed E-state index contributed by atoms with van der Waals surface area (Å²) in [6.07, 6.45) is 0. The number of benzene rings is 12. The minimum atomic E-state index is -0.142. The average molecular weight is 981 g/mol. The van der Waals surface area contributed by atoms with Gasteiger partial charge in [-0.25, -0.2) is 0 Å². The Bertz CT molecular complexity index is 4290. The van der Waals surface area contributed by atoms with Crippen LogP contribution in [0.3, 0.4) is 0 Å². The summed E-state index contributed by atoms with van der Waals surface area (Å²) in [7, 11) is 0. The molecule has 0 atom stereocenters. The maximum Gasteiger partial charge on any atom is 0.252 e. The molecule has 0 saturated carbocycles. The minimum absolute atomic E-state index is 0.142. The second kappa shape index (κ2) is 18.4. The fourth-order valence-corrected chi connectivity index (χ4v) is 12.4. The number of hydrogen-bond acceptors (Lipinski definition) is 3. The molecule has 12 aromatic carbocycles. The Morgan fingerprint density at radius 1 is 0.286 bits per heavy atom. The van der Waals surface area contributed by atoms with Crippen LogP contribution in [0, 0.1) is 0 Å². The van der Waals surface area contributed by atoms with E-state index in [9.17, 15) is 0 Å². The first-order valence-electron chi connectivity index (χ1n) is 26.5. The lowest BCUT2D eigenvalue weighted by molar-refractivity contribution is 1.18. The number of hydrogen-bond donors (Lipinski definition) is 0. The SMILES string of the molecule is c1ccc(-c2cccc(N3c4cc(-c5ccccc5)ccc4B4c5ccc6c(c5N(c5cccc(-c7ccccc7)c5)c5cc(N(c7ccccc7)c7ccccc7)cc3c54)c3ccccc3n6-c3ccccc3)c2)cc1. The molecule has 0 unspecified atom stereocenters. The van der Waals surface area contributed by atoms with Crippen LogP contribution in [0.25, 0.3) is 60.9 Å². The lowest BCUT2D eigenvalue weighted by atomic mass is 9.33. The van der Waals surface area contributed by atoms with Crippen molar-refractivity contribution in [3.8, 4) is 39.1 Å². The first kappa shape index (κ1) is 44.4. The smallest absolute Gasteiger partial charge is 0.252 e. The van der Waals surface area contributed by atoms with Gasteiger partial charge in [0.2, 0.25) is 0 Å². The van der Waals surface area contributed by atoms with Crippen molar-refractivity contribution in [3.05, 3.63) is 297 Å². The van der Waals surface area contributed by atoms with Gasteiger partial charge in [0.15, 0.2) is 0 Å². The lowest BCUT2D eigenvalue weighted by Gasteiger charge is -2.45. The first-order valence-corrected chi connectivity index (χ1v) is 26.5. The van der Waals surface area contributed by atoms with Crippen molar-refractivity contribution in [1.29, 1.82) is 0 Å². The zero-order valence-corrected chi connectivity index (χ0v) is 42.2. The van der Waals surface area contributed by atoms with Gasteiger partial charge < -0.3 is 19.3 Å². The van der Waals surface area contributed by atoms with Crippen LogP contribution in [0.2, 0.25) is 0 Å². The van der Waals surface area contributed by atoms with Crippen molar-refractivity contribution in [1.82, 2.24) is 4.57 Å². The zero-order valence-electron chi connectivity index (χ0n) is 42.2.